The number of hydrogen-bond acceptors (Lipinski definition) is 6. The molecule has 2 aromatic rings. The number of hydrogen-bond donors (Lipinski definition) is 1. The van der Waals surface area contributed by atoms with Crippen molar-refractivity contribution >= 4 is 65.8 Å². The maximum atomic E-state index is 8.53. The minimum absolute atomic E-state index is 0.192. The van der Waals surface area contributed by atoms with Gasteiger partial charge in [0, 0.05) is 9.72 Å². The van der Waals surface area contributed by atoms with E-state index in [1.165, 1.54) is 23.1 Å². The molecule has 110 valence electrons. The third-order valence-electron chi connectivity index (χ3n) is 2.61. The number of thioether (sulfide) groups is 1. The summed E-state index contributed by atoms with van der Waals surface area (Å²) in [6.45, 7) is 2.57. The predicted octanol–water partition coefficient (Wildman–Crippen LogP) is 4.30. The van der Waals surface area contributed by atoms with Crippen LogP contribution in [0.25, 0.3) is 10.2 Å². The second-order valence-electron chi connectivity index (χ2n) is 4.08. The normalized spacial score (nSPS) is 11.9. The van der Waals surface area contributed by atoms with Gasteiger partial charge in [0.1, 0.15) is 10.9 Å². The Bertz CT molecular complexity index is 683. The Morgan fingerprint density at radius 3 is 3.19 bits per heavy atom. The molecule has 1 N–H and O–H groups in total. The lowest BCUT2D eigenvalue weighted by Crippen LogP contribution is -2.20. The zero-order valence-corrected chi connectivity index (χ0v) is 15.2. The molecule has 0 saturated heterocycles. The van der Waals surface area contributed by atoms with E-state index in [1.807, 2.05) is 24.4 Å². The van der Waals surface area contributed by atoms with Gasteiger partial charge in [0.15, 0.2) is 6.19 Å². The summed E-state index contributed by atoms with van der Waals surface area (Å²) < 4.78 is 8.35. The van der Waals surface area contributed by atoms with Crippen LogP contribution in [0.2, 0.25) is 0 Å². The van der Waals surface area contributed by atoms with Crippen molar-refractivity contribution in [3.8, 4) is 11.4 Å². The summed E-state index contributed by atoms with van der Waals surface area (Å²) >= 11 is 11.5. The lowest BCUT2D eigenvalue weighted by atomic mass is 10.3. The van der Waals surface area contributed by atoms with Crippen LogP contribution in [-0.4, -0.2) is 21.2 Å². The van der Waals surface area contributed by atoms with Gasteiger partial charge in [-0.3, -0.25) is 5.32 Å². The molecule has 21 heavy (non-hydrogen) atoms. The van der Waals surface area contributed by atoms with Crippen molar-refractivity contribution in [3.63, 3.8) is 0 Å². The fourth-order valence-corrected chi connectivity index (χ4v) is 4.10. The van der Waals surface area contributed by atoms with Crippen molar-refractivity contribution in [2.24, 2.45) is 0 Å². The highest BCUT2D eigenvalue weighted by Crippen LogP contribution is 2.30. The molecule has 4 nitrogen and oxygen atoms in total. The van der Waals surface area contributed by atoms with Gasteiger partial charge in [-0.15, -0.1) is 0 Å². The molecule has 0 aliphatic heterocycles. The van der Waals surface area contributed by atoms with Crippen LogP contribution in [0.5, 0.6) is 5.19 Å². The summed E-state index contributed by atoms with van der Waals surface area (Å²) in [5.74, 6) is 0. The Balaban J connectivity index is 1.96. The average Bonchev–Trinajstić information content (AvgIpc) is 2.85. The van der Waals surface area contributed by atoms with Crippen molar-refractivity contribution in [2.75, 3.05) is 6.61 Å². The van der Waals surface area contributed by atoms with Gasteiger partial charge in [-0.1, -0.05) is 58.2 Å². The minimum atomic E-state index is 0.192. The highest BCUT2D eigenvalue weighted by atomic mass is 79.9. The smallest absolute Gasteiger partial charge is 0.274 e. The second-order valence-corrected chi connectivity index (χ2v) is 7.96. The molecule has 0 aliphatic carbocycles. The van der Waals surface area contributed by atoms with E-state index in [4.69, 9.17) is 22.2 Å². The first-order valence-corrected chi connectivity index (χ1v) is 9.06. The van der Waals surface area contributed by atoms with Gasteiger partial charge in [0.25, 0.3) is 5.19 Å². The number of thiazole rings is 1. The molecule has 0 amide bonds. The molecule has 0 bridgehead atoms. The van der Waals surface area contributed by atoms with Crippen LogP contribution in [0.4, 0.5) is 0 Å². The van der Waals surface area contributed by atoms with E-state index in [0.29, 0.717) is 16.1 Å². The molecule has 2 rings (SSSR count). The van der Waals surface area contributed by atoms with E-state index in [9.17, 15) is 0 Å². The van der Waals surface area contributed by atoms with Gasteiger partial charge in [-0.2, -0.15) is 5.26 Å². The van der Waals surface area contributed by atoms with E-state index < -0.39 is 0 Å². The summed E-state index contributed by atoms with van der Waals surface area (Å²) in [7, 11) is 0. The van der Waals surface area contributed by atoms with Crippen LogP contribution in [0, 0.1) is 11.5 Å². The molecule has 1 atom stereocenters. The summed E-state index contributed by atoms with van der Waals surface area (Å²) in [4.78, 5) is 4.44. The largest absolute Gasteiger partial charge is 0.469 e. The van der Waals surface area contributed by atoms with Crippen LogP contribution in [0.3, 0.4) is 0 Å². The van der Waals surface area contributed by atoms with Crippen LogP contribution >= 0.6 is 51.2 Å². The highest BCUT2D eigenvalue weighted by Gasteiger charge is 2.13. The molecule has 1 heterocycles. The molecule has 0 spiro atoms. The van der Waals surface area contributed by atoms with E-state index in [1.54, 1.807) is 0 Å². The molecular weight excluding hydrogens is 390 g/mol. The number of nitrogens with zero attached hydrogens (tertiary/aromatic N) is 2. The molecule has 1 unspecified atom stereocenters. The van der Waals surface area contributed by atoms with Gasteiger partial charge in [-0.05, 0) is 24.6 Å². The number of rotatable bonds is 5. The third-order valence-corrected chi connectivity index (χ3v) is 5.54. The number of thiocarbonyl (C=S) groups is 1. The van der Waals surface area contributed by atoms with Crippen LogP contribution in [0.1, 0.15) is 13.3 Å². The monoisotopic (exact) mass is 401 g/mol. The minimum Gasteiger partial charge on any atom is -0.469 e. The van der Waals surface area contributed by atoms with Gasteiger partial charge in [-0.25, -0.2) is 4.98 Å². The summed E-state index contributed by atoms with van der Waals surface area (Å²) in [5.41, 5.74) is 0.931. The number of benzene rings is 1. The first-order valence-electron chi connectivity index (χ1n) is 6.17. The van der Waals surface area contributed by atoms with Crippen molar-refractivity contribution in [1.29, 1.82) is 5.26 Å². The average molecular weight is 402 g/mol. The number of fused-ring (bicyclic) bond motifs is 1. The number of aromatic nitrogens is 1. The molecule has 0 radical (unpaired) electrons. The Morgan fingerprint density at radius 2 is 2.48 bits per heavy atom. The molecule has 0 fully saturated rings. The van der Waals surface area contributed by atoms with Crippen molar-refractivity contribution in [2.45, 2.75) is 18.6 Å². The lowest BCUT2D eigenvalue weighted by Gasteiger charge is -2.13. The molecule has 1 aromatic carbocycles. The first-order chi connectivity index (χ1) is 10.1. The Kier molecular flexibility index (Phi) is 6.23. The van der Waals surface area contributed by atoms with E-state index in [0.717, 1.165) is 21.1 Å². The molecule has 1 aromatic heterocycles. The topological polar surface area (TPSA) is 57.9 Å². The van der Waals surface area contributed by atoms with E-state index in [2.05, 4.69) is 33.2 Å². The predicted molar refractivity (Wildman–Crippen MR) is 95.8 cm³/mol. The fourth-order valence-electron chi connectivity index (χ4n) is 1.56. The zero-order valence-electron chi connectivity index (χ0n) is 11.1. The maximum Gasteiger partial charge on any atom is 0.274 e. The number of nitrogens with one attached hydrogen (secondary N) is 1. The van der Waals surface area contributed by atoms with Gasteiger partial charge < -0.3 is 4.74 Å². The SMILES string of the molecule is CCC(COc1nc2ccc(Br)cc2s1)SC(=S)NC#N. The summed E-state index contributed by atoms with van der Waals surface area (Å²) in [6.07, 6.45) is 2.72. The van der Waals surface area contributed by atoms with Gasteiger partial charge in [0.2, 0.25) is 0 Å². The summed E-state index contributed by atoms with van der Waals surface area (Å²) in [6, 6.07) is 5.95. The van der Waals surface area contributed by atoms with Crippen LogP contribution < -0.4 is 10.1 Å². The second kappa shape index (κ2) is 7.94. The van der Waals surface area contributed by atoms with Crippen molar-refractivity contribution in [1.82, 2.24) is 10.3 Å². The van der Waals surface area contributed by atoms with E-state index in [-0.39, 0.29) is 5.25 Å². The molecule has 0 saturated carbocycles. The lowest BCUT2D eigenvalue weighted by molar-refractivity contribution is 0.314. The Morgan fingerprint density at radius 1 is 1.67 bits per heavy atom. The number of ether oxygens (including phenoxy) is 1. The fraction of sp³-hybridized carbons (Fsp3) is 0.308. The van der Waals surface area contributed by atoms with Gasteiger partial charge >= 0.3 is 0 Å². The Hall–Kier alpha value is -0.880. The standard InChI is InChI=1S/C13H12BrN3OS3/c1-2-9(20-13(19)16-7-15)6-18-12-17-10-4-3-8(14)5-11(10)21-12/h3-5,9H,2,6H2,1H3,(H,16,19). The third kappa shape index (κ3) is 4.81. The van der Waals surface area contributed by atoms with Crippen LogP contribution in [-0.2, 0) is 0 Å². The first kappa shape index (κ1) is 16.5. The molecule has 0 aliphatic rings. The zero-order chi connectivity index (χ0) is 15.2. The quantitative estimate of drug-likeness (QED) is 0.457. The van der Waals surface area contributed by atoms with E-state index >= 15 is 0 Å². The highest BCUT2D eigenvalue weighted by molar-refractivity contribution is 9.10. The maximum absolute atomic E-state index is 8.53. The molecular formula is C13H12BrN3OS3. The summed E-state index contributed by atoms with van der Waals surface area (Å²) in [5, 5.41) is 11.8. The van der Waals surface area contributed by atoms with Gasteiger partial charge in [0.05, 0.1) is 10.2 Å². The molecule has 8 heteroatoms. The van der Waals surface area contributed by atoms with Crippen LogP contribution in [0.15, 0.2) is 22.7 Å². The number of halogens is 1. The van der Waals surface area contributed by atoms with Crippen molar-refractivity contribution in [3.05, 3.63) is 22.7 Å². The van der Waals surface area contributed by atoms with Crippen molar-refractivity contribution < 1.29 is 4.74 Å². The Labute approximate surface area is 145 Å². The number of nitriles is 1.